The molecule has 2 aromatic rings. The summed E-state index contributed by atoms with van der Waals surface area (Å²) in [7, 11) is 0. The maximum Gasteiger partial charge on any atom is 0.225 e. The molecular formula is C14H15ClN4O. The zero-order chi connectivity index (χ0) is 14.4. The number of amides is 1. The molecule has 0 spiro atoms. The minimum Gasteiger partial charge on any atom is -0.339 e. The van der Waals surface area contributed by atoms with Crippen molar-refractivity contribution < 1.29 is 4.79 Å². The van der Waals surface area contributed by atoms with E-state index in [1.54, 1.807) is 24.3 Å². The predicted molar refractivity (Wildman–Crippen MR) is 80.3 cm³/mol. The molecule has 2 N–H and O–H groups in total. The number of nitrogens with one attached hydrogen (secondary N) is 2. The van der Waals surface area contributed by atoms with Crippen LogP contribution in [0.2, 0.25) is 5.02 Å². The molecule has 20 heavy (non-hydrogen) atoms. The number of hydrogen-bond acceptors (Lipinski definition) is 4. The molecule has 2 rings (SSSR count). The van der Waals surface area contributed by atoms with Gasteiger partial charge in [-0.15, -0.1) is 10.2 Å². The number of carbonyl (C=O) groups excluding carboxylic acids is 1. The molecule has 1 amide bonds. The molecule has 6 heteroatoms. The third kappa shape index (κ3) is 4.20. The Morgan fingerprint density at radius 2 is 1.95 bits per heavy atom. The van der Waals surface area contributed by atoms with E-state index in [1.807, 2.05) is 19.1 Å². The van der Waals surface area contributed by atoms with E-state index in [2.05, 4.69) is 20.8 Å². The van der Waals surface area contributed by atoms with E-state index in [-0.39, 0.29) is 5.91 Å². The standard InChI is InChI=1S/C14H15ClN4O/c1-2-4-14(20)17-13-8-7-12(18-19-13)16-11-6-3-5-10(15)9-11/h3,5-9H,2,4H2,1H3,(H,16,18)(H,17,19,20). The van der Waals surface area contributed by atoms with Gasteiger partial charge in [0.15, 0.2) is 11.6 Å². The topological polar surface area (TPSA) is 66.9 Å². The Hall–Kier alpha value is -2.14. The molecule has 1 heterocycles. The van der Waals surface area contributed by atoms with Gasteiger partial charge in [0.25, 0.3) is 0 Å². The first-order valence-corrected chi connectivity index (χ1v) is 6.71. The lowest BCUT2D eigenvalue weighted by atomic mass is 10.3. The molecule has 0 fully saturated rings. The minimum atomic E-state index is -0.0580. The zero-order valence-corrected chi connectivity index (χ0v) is 11.8. The summed E-state index contributed by atoms with van der Waals surface area (Å²) >= 11 is 5.90. The highest BCUT2D eigenvalue weighted by atomic mass is 35.5. The first kappa shape index (κ1) is 14.3. The molecule has 0 atom stereocenters. The van der Waals surface area contributed by atoms with Crippen molar-refractivity contribution in [2.45, 2.75) is 19.8 Å². The van der Waals surface area contributed by atoms with Crippen molar-refractivity contribution >= 4 is 34.8 Å². The first-order valence-electron chi connectivity index (χ1n) is 6.33. The predicted octanol–water partition coefficient (Wildman–Crippen LogP) is 3.61. The third-order valence-electron chi connectivity index (χ3n) is 2.51. The molecule has 0 bridgehead atoms. The number of halogens is 1. The number of hydrogen-bond donors (Lipinski definition) is 2. The van der Waals surface area contributed by atoms with Crippen LogP contribution >= 0.6 is 11.6 Å². The zero-order valence-electron chi connectivity index (χ0n) is 11.1. The lowest BCUT2D eigenvalue weighted by molar-refractivity contribution is -0.116. The Bertz CT molecular complexity index is 586. The van der Waals surface area contributed by atoms with Crippen LogP contribution in [0.4, 0.5) is 17.3 Å². The van der Waals surface area contributed by atoms with E-state index in [0.717, 1.165) is 12.1 Å². The maximum absolute atomic E-state index is 11.4. The number of nitrogens with zero attached hydrogens (tertiary/aromatic N) is 2. The summed E-state index contributed by atoms with van der Waals surface area (Å²) in [5, 5.41) is 14.3. The van der Waals surface area contributed by atoms with E-state index in [9.17, 15) is 4.79 Å². The van der Waals surface area contributed by atoms with E-state index >= 15 is 0 Å². The summed E-state index contributed by atoms with van der Waals surface area (Å²) in [6.45, 7) is 1.95. The molecule has 0 aliphatic rings. The average Bonchev–Trinajstić information content (AvgIpc) is 2.41. The normalized spacial score (nSPS) is 10.1. The van der Waals surface area contributed by atoms with Crippen molar-refractivity contribution in [3.63, 3.8) is 0 Å². The molecule has 5 nitrogen and oxygen atoms in total. The molecular weight excluding hydrogens is 276 g/mol. The Labute approximate surface area is 122 Å². The van der Waals surface area contributed by atoms with Gasteiger partial charge in [0.2, 0.25) is 5.91 Å². The van der Waals surface area contributed by atoms with Crippen molar-refractivity contribution in [1.82, 2.24) is 10.2 Å². The smallest absolute Gasteiger partial charge is 0.225 e. The van der Waals surface area contributed by atoms with Crippen LogP contribution in [0.5, 0.6) is 0 Å². The van der Waals surface area contributed by atoms with Gasteiger partial charge < -0.3 is 10.6 Å². The lowest BCUT2D eigenvalue weighted by Gasteiger charge is -2.06. The summed E-state index contributed by atoms with van der Waals surface area (Å²) in [6, 6.07) is 10.8. The second-order valence-electron chi connectivity index (χ2n) is 4.24. The number of anilines is 3. The number of carbonyl (C=O) groups is 1. The monoisotopic (exact) mass is 290 g/mol. The molecule has 1 aromatic heterocycles. The van der Waals surface area contributed by atoms with E-state index < -0.39 is 0 Å². The number of aromatic nitrogens is 2. The minimum absolute atomic E-state index is 0.0580. The summed E-state index contributed by atoms with van der Waals surface area (Å²) < 4.78 is 0. The van der Waals surface area contributed by atoms with Gasteiger partial charge in [-0.05, 0) is 36.8 Å². The molecule has 104 valence electrons. The molecule has 0 unspecified atom stereocenters. The third-order valence-corrected chi connectivity index (χ3v) is 2.74. The van der Waals surface area contributed by atoms with Crippen LogP contribution in [-0.4, -0.2) is 16.1 Å². The summed E-state index contributed by atoms with van der Waals surface area (Å²) in [5.74, 6) is 0.971. The van der Waals surface area contributed by atoms with Crippen molar-refractivity contribution in [2.24, 2.45) is 0 Å². The molecule has 1 aromatic carbocycles. The highest BCUT2D eigenvalue weighted by Crippen LogP contribution is 2.18. The van der Waals surface area contributed by atoms with Crippen molar-refractivity contribution in [3.8, 4) is 0 Å². The quantitative estimate of drug-likeness (QED) is 0.883. The van der Waals surface area contributed by atoms with Crippen LogP contribution in [0.3, 0.4) is 0 Å². The average molecular weight is 291 g/mol. The van der Waals surface area contributed by atoms with Gasteiger partial charge in [-0.25, -0.2) is 0 Å². The Morgan fingerprint density at radius 3 is 2.60 bits per heavy atom. The summed E-state index contributed by atoms with van der Waals surface area (Å²) in [6.07, 6.45) is 1.28. The van der Waals surface area contributed by atoms with Gasteiger partial charge in [0.1, 0.15) is 0 Å². The molecule has 0 saturated heterocycles. The Morgan fingerprint density at radius 1 is 1.20 bits per heavy atom. The van der Waals surface area contributed by atoms with E-state index in [1.165, 1.54) is 0 Å². The number of benzene rings is 1. The second-order valence-corrected chi connectivity index (χ2v) is 4.67. The van der Waals surface area contributed by atoms with Crippen LogP contribution in [0.15, 0.2) is 36.4 Å². The first-order chi connectivity index (χ1) is 9.67. The molecule has 0 aliphatic heterocycles. The fourth-order valence-electron chi connectivity index (χ4n) is 1.61. The second kappa shape index (κ2) is 6.86. The van der Waals surface area contributed by atoms with Crippen LogP contribution in [0.25, 0.3) is 0 Å². The van der Waals surface area contributed by atoms with Gasteiger partial charge in [0, 0.05) is 17.1 Å². The SMILES string of the molecule is CCCC(=O)Nc1ccc(Nc2cccc(Cl)c2)nn1. The molecule has 0 aliphatic carbocycles. The van der Waals surface area contributed by atoms with Crippen LogP contribution < -0.4 is 10.6 Å². The highest BCUT2D eigenvalue weighted by molar-refractivity contribution is 6.30. The van der Waals surface area contributed by atoms with Gasteiger partial charge in [0.05, 0.1) is 0 Å². The van der Waals surface area contributed by atoms with Crippen LogP contribution in [-0.2, 0) is 4.79 Å². The molecule has 0 saturated carbocycles. The highest BCUT2D eigenvalue weighted by Gasteiger charge is 2.03. The van der Waals surface area contributed by atoms with Crippen molar-refractivity contribution in [2.75, 3.05) is 10.6 Å². The van der Waals surface area contributed by atoms with Gasteiger partial charge >= 0.3 is 0 Å². The van der Waals surface area contributed by atoms with Crippen LogP contribution in [0.1, 0.15) is 19.8 Å². The molecule has 0 radical (unpaired) electrons. The fraction of sp³-hybridized carbons (Fsp3) is 0.214. The summed E-state index contributed by atoms with van der Waals surface area (Å²) in [4.78, 5) is 11.4. The van der Waals surface area contributed by atoms with Gasteiger partial charge in [-0.1, -0.05) is 24.6 Å². The van der Waals surface area contributed by atoms with E-state index in [4.69, 9.17) is 11.6 Å². The van der Waals surface area contributed by atoms with Crippen LogP contribution in [0, 0.1) is 0 Å². The number of rotatable bonds is 5. The van der Waals surface area contributed by atoms with Crippen molar-refractivity contribution in [1.29, 1.82) is 0 Å². The Kier molecular flexibility index (Phi) is 4.90. The fourth-order valence-corrected chi connectivity index (χ4v) is 1.80. The maximum atomic E-state index is 11.4. The van der Waals surface area contributed by atoms with Gasteiger partial charge in [-0.2, -0.15) is 0 Å². The summed E-state index contributed by atoms with van der Waals surface area (Å²) in [5.41, 5.74) is 0.828. The lowest BCUT2D eigenvalue weighted by Crippen LogP contribution is -2.12. The van der Waals surface area contributed by atoms with Crippen molar-refractivity contribution in [3.05, 3.63) is 41.4 Å². The largest absolute Gasteiger partial charge is 0.339 e. The van der Waals surface area contributed by atoms with E-state index in [0.29, 0.717) is 23.1 Å². The Balaban J connectivity index is 1.99. The van der Waals surface area contributed by atoms with Gasteiger partial charge in [-0.3, -0.25) is 4.79 Å².